The second-order valence-corrected chi connectivity index (χ2v) is 3.17. The van der Waals surface area contributed by atoms with Crippen LogP contribution in [0.2, 0.25) is 0 Å². The molecule has 2 aromatic heterocycles. The zero-order valence-electron chi connectivity index (χ0n) is 8.63. The van der Waals surface area contributed by atoms with E-state index in [1.807, 2.05) is 22.9 Å². The average molecular weight is 203 g/mol. The van der Waals surface area contributed by atoms with E-state index in [0.29, 0.717) is 0 Å². The summed E-state index contributed by atoms with van der Waals surface area (Å²) in [5, 5.41) is 0. The predicted molar refractivity (Wildman–Crippen MR) is 57.1 cm³/mol. The van der Waals surface area contributed by atoms with Crippen molar-refractivity contribution in [3.63, 3.8) is 0 Å². The van der Waals surface area contributed by atoms with Crippen LogP contribution in [-0.4, -0.2) is 21.1 Å². The summed E-state index contributed by atoms with van der Waals surface area (Å²) in [4.78, 5) is 8.23. The molecule has 2 heterocycles. The fraction of sp³-hybridized carbons (Fsp3) is 0.273. The summed E-state index contributed by atoms with van der Waals surface area (Å²) in [7, 11) is 0. The van der Waals surface area contributed by atoms with Crippen molar-refractivity contribution in [2.75, 3.05) is 6.61 Å². The fourth-order valence-electron chi connectivity index (χ4n) is 1.23. The molecule has 4 heteroatoms. The molecule has 0 fully saturated rings. The smallest absolute Gasteiger partial charge is 0.138 e. The largest absolute Gasteiger partial charge is 0.492 e. The SMILES string of the molecule is CCCOc1ccc(-n2ccnc2)nc1. The maximum Gasteiger partial charge on any atom is 0.138 e. The quantitative estimate of drug-likeness (QED) is 0.763. The van der Waals surface area contributed by atoms with Crippen LogP contribution in [0.3, 0.4) is 0 Å². The fourth-order valence-corrected chi connectivity index (χ4v) is 1.23. The Morgan fingerprint density at radius 3 is 2.93 bits per heavy atom. The standard InChI is InChI=1S/C11H13N3O/c1-2-7-15-10-3-4-11(13-8-10)14-6-5-12-9-14/h3-6,8-9H,2,7H2,1H3. The monoisotopic (exact) mass is 203 g/mol. The van der Waals surface area contributed by atoms with Gasteiger partial charge in [0.1, 0.15) is 17.9 Å². The van der Waals surface area contributed by atoms with Crippen LogP contribution < -0.4 is 4.74 Å². The first-order valence-electron chi connectivity index (χ1n) is 4.97. The molecule has 2 rings (SSSR count). The van der Waals surface area contributed by atoms with E-state index in [1.165, 1.54) is 0 Å². The number of nitrogens with zero attached hydrogens (tertiary/aromatic N) is 3. The lowest BCUT2D eigenvalue weighted by Crippen LogP contribution is -1.97. The van der Waals surface area contributed by atoms with Gasteiger partial charge in [0, 0.05) is 12.4 Å². The van der Waals surface area contributed by atoms with Crippen LogP contribution in [0.15, 0.2) is 37.1 Å². The topological polar surface area (TPSA) is 39.9 Å². The Morgan fingerprint density at radius 1 is 1.40 bits per heavy atom. The number of ether oxygens (including phenoxy) is 1. The van der Waals surface area contributed by atoms with Crippen LogP contribution >= 0.6 is 0 Å². The lowest BCUT2D eigenvalue weighted by molar-refractivity contribution is 0.316. The van der Waals surface area contributed by atoms with E-state index < -0.39 is 0 Å². The van der Waals surface area contributed by atoms with Gasteiger partial charge < -0.3 is 4.74 Å². The predicted octanol–water partition coefficient (Wildman–Crippen LogP) is 2.06. The van der Waals surface area contributed by atoms with E-state index in [1.54, 1.807) is 18.7 Å². The van der Waals surface area contributed by atoms with Gasteiger partial charge in [0.15, 0.2) is 0 Å². The lowest BCUT2D eigenvalue weighted by atomic mass is 10.4. The van der Waals surface area contributed by atoms with Crippen LogP contribution in [0.5, 0.6) is 5.75 Å². The lowest BCUT2D eigenvalue weighted by Gasteiger charge is -2.05. The Morgan fingerprint density at radius 2 is 2.33 bits per heavy atom. The molecular formula is C11H13N3O. The summed E-state index contributed by atoms with van der Waals surface area (Å²) in [5.74, 6) is 1.65. The van der Waals surface area contributed by atoms with Gasteiger partial charge in [0.25, 0.3) is 0 Å². The van der Waals surface area contributed by atoms with Crippen LogP contribution in [0.4, 0.5) is 0 Å². The van der Waals surface area contributed by atoms with Gasteiger partial charge >= 0.3 is 0 Å². The highest BCUT2D eigenvalue weighted by Gasteiger charge is 1.97. The van der Waals surface area contributed by atoms with E-state index in [-0.39, 0.29) is 0 Å². The van der Waals surface area contributed by atoms with E-state index in [4.69, 9.17) is 4.74 Å². The molecule has 0 radical (unpaired) electrons. The van der Waals surface area contributed by atoms with Crippen molar-refractivity contribution in [3.8, 4) is 11.6 Å². The number of hydrogen-bond donors (Lipinski definition) is 0. The Balaban J connectivity index is 2.11. The summed E-state index contributed by atoms with van der Waals surface area (Å²) >= 11 is 0. The number of rotatable bonds is 4. The number of pyridine rings is 1. The number of aromatic nitrogens is 3. The highest BCUT2D eigenvalue weighted by atomic mass is 16.5. The van der Waals surface area contributed by atoms with Gasteiger partial charge in [-0.1, -0.05) is 6.92 Å². The zero-order chi connectivity index (χ0) is 10.5. The molecule has 0 unspecified atom stereocenters. The second-order valence-electron chi connectivity index (χ2n) is 3.17. The highest BCUT2D eigenvalue weighted by molar-refractivity contribution is 5.28. The van der Waals surface area contributed by atoms with Gasteiger partial charge in [-0.3, -0.25) is 4.57 Å². The van der Waals surface area contributed by atoms with E-state index >= 15 is 0 Å². The molecule has 0 aliphatic rings. The normalized spacial score (nSPS) is 10.2. The molecule has 0 aliphatic heterocycles. The van der Waals surface area contributed by atoms with Gasteiger partial charge in [0.2, 0.25) is 0 Å². The van der Waals surface area contributed by atoms with Crippen molar-refractivity contribution < 1.29 is 4.74 Å². The van der Waals surface area contributed by atoms with Gasteiger partial charge in [-0.05, 0) is 18.6 Å². The molecule has 0 aromatic carbocycles. The van der Waals surface area contributed by atoms with Crippen molar-refractivity contribution in [3.05, 3.63) is 37.1 Å². The summed E-state index contributed by atoms with van der Waals surface area (Å²) in [5.41, 5.74) is 0. The first-order chi connectivity index (χ1) is 7.40. The third kappa shape index (κ3) is 2.34. The zero-order valence-corrected chi connectivity index (χ0v) is 8.63. The molecule has 0 saturated carbocycles. The molecule has 0 amide bonds. The Kier molecular flexibility index (Phi) is 2.97. The van der Waals surface area contributed by atoms with Crippen molar-refractivity contribution >= 4 is 0 Å². The molecule has 0 N–H and O–H groups in total. The molecule has 78 valence electrons. The maximum atomic E-state index is 5.44. The van der Waals surface area contributed by atoms with E-state index in [9.17, 15) is 0 Å². The molecule has 0 bridgehead atoms. The van der Waals surface area contributed by atoms with E-state index in [2.05, 4.69) is 16.9 Å². The van der Waals surface area contributed by atoms with Gasteiger partial charge in [-0.2, -0.15) is 0 Å². The molecule has 2 aromatic rings. The maximum absolute atomic E-state index is 5.44. The van der Waals surface area contributed by atoms with Crippen molar-refractivity contribution in [2.45, 2.75) is 13.3 Å². The first-order valence-corrected chi connectivity index (χ1v) is 4.97. The Labute approximate surface area is 88.6 Å². The minimum Gasteiger partial charge on any atom is -0.492 e. The Hall–Kier alpha value is -1.84. The van der Waals surface area contributed by atoms with Crippen LogP contribution in [-0.2, 0) is 0 Å². The van der Waals surface area contributed by atoms with Crippen LogP contribution in [0, 0.1) is 0 Å². The number of imidazole rings is 1. The van der Waals surface area contributed by atoms with Gasteiger partial charge in [-0.25, -0.2) is 9.97 Å². The van der Waals surface area contributed by atoms with Crippen molar-refractivity contribution in [1.29, 1.82) is 0 Å². The van der Waals surface area contributed by atoms with Gasteiger partial charge in [0.05, 0.1) is 12.8 Å². The second kappa shape index (κ2) is 4.59. The summed E-state index contributed by atoms with van der Waals surface area (Å²) in [6, 6.07) is 3.82. The minimum absolute atomic E-state index is 0.728. The number of hydrogen-bond acceptors (Lipinski definition) is 3. The average Bonchev–Trinajstić information content (AvgIpc) is 2.80. The molecule has 0 aliphatic carbocycles. The van der Waals surface area contributed by atoms with Crippen LogP contribution in [0.1, 0.15) is 13.3 Å². The first kappa shape index (κ1) is 9.71. The Bertz CT molecular complexity index is 394. The summed E-state index contributed by atoms with van der Waals surface area (Å²) in [6.07, 6.45) is 8.03. The summed E-state index contributed by atoms with van der Waals surface area (Å²) in [6.45, 7) is 2.80. The minimum atomic E-state index is 0.728. The highest BCUT2D eigenvalue weighted by Crippen LogP contribution is 2.11. The third-order valence-corrected chi connectivity index (χ3v) is 1.96. The molecule has 15 heavy (non-hydrogen) atoms. The molecule has 4 nitrogen and oxygen atoms in total. The van der Waals surface area contributed by atoms with Crippen LogP contribution in [0.25, 0.3) is 5.82 Å². The molecule has 0 atom stereocenters. The van der Waals surface area contributed by atoms with Gasteiger partial charge in [-0.15, -0.1) is 0 Å². The summed E-state index contributed by atoms with van der Waals surface area (Å²) < 4.78 is 7.29. The molecule has 0 spiro atoms. The van der Waals surface area contributed by atoms with Crippen molar-refractivity contribution in [2.24, 2.45) is 0 Å². The third-order valence-electron chi connectivity index (χ3n) is 1.96. The molecular weight excluding hydrogens is 190 g/mol. The van der Waals surface area contributed by atoms with E-state index in [0.717, 1.165) is 24.6 Å². The molecule has 0 saturated heterocycles. The van der Waals surface area contributed by atoms with Crippen molar-refractivity contribution in [1.82, 2.24) is 14.5 Å².